The molecule has 0 radical (unpaired) electrons. The Balaban J connectivity index is 1.11. The minimum atomic E-state index is -0.0315. The number of aromatic amines is 2. The zero-order chi connectivity index (χ0) is 27.6. The number of nitrogens with zero attached hydrogens (tertiary/aromatic N) is 4. The standard InChI is InChI=1S/C32H47N7O/c1-2-21-39(28-7-5-3-4-6-8-28)29-15-13-27(14-16-29)37-22-25-9-11-26(12-10-25)32(40)38(23-30-33-17-18-34-30)24-31-35-19-20-36-31/h9-12,17-20,27-29,37H,2-8,13-16,21-24H2,1H3,(H,33,34)(H,35,36). The summed E-state index contributed by atoms with van der Waals surface area (Å²) in [5.74, 6) is 1.47. The number of hydrogen-bond donors (Lipinski definition) is 3. The van der Waals surface area contributed by atoms with Gasteiger partial charge < -0.3 is 20.2 Å². The Labute approximate surface area is 239 Å². The van der Waals surface area contributed by atoms with Crippen molar-refractivity contribution in [2.24, 2.45) is 0 Å². The van der Waals surface area contributed by atoms with Crippen molar-refractivity contribution in [2.45, 2.75) is 115 Å². The van der Waals surface area contributed by atoms with E-state index in [0.29, 0.717) is 24.7 Å². The molecule has 1 amide bonds. The van der Waals surface area contributed by atoms with Gasteiger partial charge in [0.25, 0.3) is 5.91 Å². The van der Waals surface area contributed by atoms with Crippen molar-refractivity contribution < 1.29 is 4.79 Å². The van der Waals surface area contributed by atoms with Gasteiger partial charge in [0.05, 0.1) is 13.1 Å². The highest BCUT2D eigenvalue weighted by Crippen LogP contribution is 2.30. The van der Waals surface area contributed by atoms with Crippen LogP contribution in [0.4, 0.5) is 0 Å². The Kier molecular flexibility index (Phi) is 10.4. The first-order valence-electron chi connectivity index (χ1n) is 15.5. The van der Waals surface area contributed by atoms with E-state index >= 15 is 0 Å². The largest absolute Gasteiger partial charge is 0.347 e. The molecule has 8 nitrogen and oxygen atoms in total. The van der Waals surface area contributed by atoms with E-state index in [2.05, 4.69) is 49.2 Å². The molecule has 8 heteroatoms. The first-order chi connectivity index (χ1) is 19.7. The van der Waals surface area contributed by atoms with Crippen molar-refractivity contribution in [1.82, 2.24) is 35.1 Å². The van der Waals surface area contributed by atoms with Gasteiger partial charge in [0.2, 0.25) is 0 Å². The van der Waals surface area contributed by atoms with Crippen LogP contribution in [0.3, 0.4) is 0 Å². The van der Waals surface area contributed by atoms with Crippen molar-refractivity contribution in [3.05, 3.63) is 71.8 Å². The second-order valence-corrected chi connectivity index (χ2v) is 11.7. The monoisotopic (exact) mass is 545 g/mol. The average molecular weight is 546 g/mol. The summed E-state index contributed by atoms with van der Waals surface area (Å²) in [7, 11) is 0. The van der Waals surface area contributed by atoms with Crippen LogP contribution in [0.2, 0.25) is 0 Å². The lowest BCUT2D eigenvalue weighted by molar-refractivity contribution is 0.0721. The lowest BCUT2D eigenvalue weighted by Gasteiger charge is -2.41. The van der Waals surface area contributed by atoms with E-state index in [0.717, 1.165) is 30.3 Å². The third-order valence-electron chi connectivity index (χ3n) is 8.82. The first kappa shape index (κ1) is 28.6. The molecule has 0 spiro atoms. The Bertz CT molecular complexity index is 1080. The third kappa shape index (κ3) is 7.82. The quantitative estimate of drug-likeness (QED) is 0.250. The van der Waals surface area contributed by atoms with Crippen LogP contribution >= 0.6 is 0 Å². The SMILES string of the molecule is CCCN(C1CCCCCC1)C1CCC(NCc2ccc(C(=O)N(Cc3ncc[nH]3)Cc3ncc[nH]3)cc2)CC1. The number of H-pyrrole nitrogens is 2. The number of imidazole rings is 2. The van der Waals surface area contributed by atoms with Gasteiger partial charge in [-0.25, -0.2) is 9.97 Å². The number of rotatable bonds is 12. The van der Waals surface area contributed by atoms with Crippen molar-refractivity contribution >= 4 is 5.91 Å². The predicted molar refractivity (Wildman–Crippen MR) is 159 cm³/mol. The molecule has 2 fully saturated rings. The Morgan fingerprint density at radius 1 is 0.850 bits per heavy atom. The normalized spacial score (nSPS) is 20.4. The van der Waals surface area contributed by atoms with Gasteiger partial charge >= 0.3 is 0 Å². The molecule has 2 saturated carbocycles. The molecular weight excluding hydrogens is 498 g/mol. The fraction of sp³-hybridized carbons (Fsp3) is 0.594. The molecule has 2 aliphatic rings. The summed E-state index contributed by atoms with van der Waals surface area (Å²) in [6, 6.07) is 10.2. The van der Waals surface area contributed by atoms with Crippen LogP contribution in [-0.4, -0.2) is 60.3 Å². The number of benzene rings is 1. The van der Waals surface area contributed by atoms with Crippen LogP contribution in [0, 0.1) is 0 Å². The van der Waals surface area contributed by atoms with Crippen LogP contribution in [0.25, 0.3) is 0 Å². The molecule has 2 aliphatic carbocycles. The van der Waals surface area contributed by atoms with Gasteiger partial charge in [-0.15, -0.1) is 0 Å². The van der Waals surface area contributed by atoms with E-state index in [9.17, 15) is 4.79 Å². The predicted octanol–water partition coefficient (Wildman–Crippen LogP) is 5.81. The van der Waals surface area contributed by atoms with Crippen LogP contribution in [-0.2, 0) is 19.6 Å². The molecule has 40 heavy (non-hydrogen) atoms. The summed E-state index contributed by atoms with van der Waals surface area (Å²) in [5.41, 5.74) is 1.89. The number of carbonyl (C=O) groups is 1. The molecule has 0 saturated heterocycles. The van der Waals surface area contributed by atoms with E-state index in [1.54, 1.807) is 29.7 Å². The molecule has 2 aromatic heterocycles. The Morgan fingerprint density at radius 2 is 1.45 bits per heavy atom. The third-order valence-corrected chi connectivity index (χ3v) is 8.82. The fourth-order valence-electron chi connectivity index (χ4n) is 6.66. The smallest absolute Gasteiger partial charge is 0.254 e. The Morgan fingerprint density at radius 3 is 2.00 bits per heavy atom. The number of hydrogen-bond acceptors (Lipinski definition) is 5. The van der Waals surface area contributed by atoms with Gasteiger partial charge in [0.1, 0.15) is 11.6 Å². The Hall–Kier alpha value is -2.97. The first-order valence-corrected chi connectivity index (χ1v) is 15.5. The zero-order valence-electron chi connectivity index (χ0n) is 24.2. The molecule has 0 atom stereocenters. The highest BCUT2D eigenvalue weighted by molar-refractivity contribution is 5.94. The number of carbonyl (C=O) groups excluding carboxylic acids is 1. The molecule has 0 unspecified atom stereocenters. The summed E-state index contributed by atoms with van der Waals surface area (Å²) in [5, 5.41) is 3.81. The summed E-state index contributed by atoms with van der Waals surface area (Å²) in [6.45, 7) is 5.24. The summed E-state index contributed by atoms with van der Waals surface area (Å²) < 4.78 is 0. The van der Waals surface area contributed by atoms with E-state index in [1.165, 1.54) is 82.7 Å². The van der Waals surface area contributed by atoms with E-state index in [-0.39, 0.29) is 5.91 Å². The summed E-state index contributed by atoms with van der Waals surface area (Å²) in [6.07, 6.45) is 21.8. The maximum atomic E-state index is 13.4. The maximum absolute atomic E-state index is 13.4. The van der Waals surface area contributed by atoms with Gasteiger partial charge in [-0.1, -0.05) is 44.7 Å². The second kappa shape index (κ2) is 14.6. The molecule has 0 bridgehead atoms. The van der Waals surface area contributed by atoms with E-state index < -0.39 is 0 Å². The highest BCUT2D eigenvalue weighted by Gasteiger charge is 2.30. The molecule has 5 rings (SSSR count). The number of aromatic nitrogens is 4. The minimum Gasteiger partial charge on any atom is -0.347 e. The molecule has 1 aromatic carbocycles. The zero-order valence-corrected chi connectivity index (χ0v) is 24.2. The van der Waals surface area contributed by atoms with Gasteiger partial charge in [-0.2, -0.15) is 0 Å². The summed E-state index contributed by atoms with van der Waals surface area (Å²) in [4.78, 5) is 32.9. The van der Waals surface area contributed by atoms with Crippen molar-refractivity contribution in [1.29, 1.82) is 0 Å². The highest BCUT2D eigenvalue weighted by atomic mass is 16.2. The molecule has 2 heterocycles. The minimum absolute atomic E-state index is 0.0315. The van der Waals surface area contributed by atoms with Gasteiger partial charge in [-0.3, -0.25) is 9.69 Å². The van der Waals surface area contributed by atoms with Crippen LogP contribution in [0.1, 0.15) is 105 Å². The van der Waals surface area contributed by atoms with E-state index in [4.69, 9.17) is 0 Å². The van der Waals surface area contributed by atoms with Crippen LogP contribution in [0.5, 0.6) is 0 Å². The van der Waals surface area contributed by atoms with E-state index in [1.807, 2.05) is 12.1 Å². The molecule has 216 valence electrons. The summed E-state index contributed by atoms with van der Waals surface area (Å²) >= 11 is 0. The average Bonchev–Trinajstić information content (AvgIpc) is 3.64. The lowest BCUT2D eigenvalue weighted by Crippen LogP contribution is -2.47. The van der Waals surface area contributed by atoms with Crippen molar-refractivity contribution in [2.75, 3.05) is 6.54 Å². The lowest BCUT2D eigenvalue weighted by atomic mass is 9.88. The number of nitrogens with one attached hydrogen (secondary N) is 3. The molecule has 0 aliphatic heterocycles. The van der Waals surface area contributed by atoms with Gasteiger partial charge in [-0.05, 0) is 69.2 Å². The van der Waals surface area contributed by atoms with Crippen molar-refractivity contribution in [3.8, 4) is 0 Å². The van der Waals surface area contributed by atoms with Crippen molar-refractivity contribution in [3.63, 3.8) is 0 Å². The van der Waals surface area contributed by atoms with Crippen LogP contribution < -0.4 is 5.32 Å². The maximum Gasteiger partial charge on any atom is 0.254 e. The second-order valence-electron chi connectivity index (χ2n) is 11.7. The molecule has 3 aromatic rings. The molecule has 3 N–H and O–H groups in total. The number of amides is 1. The van der Waals surface area contributed by atoms with Gasteiger partial charge in [0.15, 0.2) is 0 Å². The van der Waals surface area contributed by atoms with Crippen LogP contribution in [0.15, 0.2) is 49.1 Å². The van der Waals surface area contributed by atoms with Gasteiger partial charge in [0, 0.05) is 55.0 Å². The topological polar surface area (TPSA) is 92.9 Å². The fourth-order valence-corrected chi connectivity index (χ4v) is 6.66. The molecular formula is C32H47N7O.